The average molecular weight is 272 g/mol. The van der Waals surface area contributed by atoms with Gasteiger partial charge >= 0.3 is 0 Å². The first-order valence-electron chi connectivity index (χ1n) is 5.22. The first kappa shape index (κ1) is 12.7. The van der Waals surface area contributed by atoms with Crippen molar-refractivity contribution >= 4 is 15.9 Å². The smallest absolute Gasteiger partial charge is 0.0471 e. The van der Waals surface area contributed by atoms with Crippen molar-refractivity contribution in [3.8, 4) is 0 Å². The molecular weight excluding hydrogens is 254 g/mol. The third-order valence-corrected chi connectivity index (χ3v) is 3.49. The minimum Gasteiger partial charge on any atom is -0.396 e. The highest BCUT2D eigenvalue weighted by Gasteiger charge is 2.10. The minimum atomic E-state index is 0.226. The van der Waals surface area contributed by atoms with Crippen LogP contribution in [0.25, 0.3) is 0 Å². The molecule has 1 aromatic rings. The van der Waals surface area contributed by atoms with E-state index >= 15 is 0 Å². The molecule has 0 aliphatic rings. The lowest BCUT2D eigenvalue weighted by Gasteiger charge is -2.19. The number of halogens is 1. The van der Waals surface area contributed by atoms with Crippen LogP contribution in [-0.4, -0.2) is 17.8 Å². The topological polar surface area (TPSA) is 32.3 Å². The van der Waals surface area contributed by atoms with Crippen LogP contribution in [0.3, 0.4) is 0 Å². The maximum absolute atomic E-state index is 9.01. The van der Waals surface area contributed by atoms with E-state index in [9.17, 15) is 0 Å². The zero-order valence-corrected chi connectivity index (χ0v) is 10.8. The highest BCUT2D eigenvalue weighted by molar-refractivity contribution is 9.10. The van der Waals surface area contributed by atoms with E-state index in [2.05, 4.69) is 34.2 Å². The van der Waals surface area contributed by atoms with Gasteiger partial charge in [-0.15, -0.1) is 0 Å². The number of benzene rings is 1. The van der Waals surface area contributed by atoms with Crippen molar-refractivity contribution in [1.82, 2.24) is 5.32 Å². The van der Waals surface area contributed by atoms with Crippen LogP contribution in [0.1, 0.15) is 19.4 Å². The molecule has 0 heterocycles. The fraction of sp³-hybridized carbons (Fsp3) is 0.500. The van der Waals surface area contributed by atoms with Crippen molar-refractivity contribution < 1.29 is 5.11 Å². The molecule has 0 bridgehead atoms. The van der Waals surface area contributed by atoms with Crippen LogP contribution in [0.2, 0.25) is 0 Å². The Kier molecular flexibility index (Phi) is 5.29. The van der Waals surface area contributed by atoms with Gasteiger partial charge in [0.25, 0.3) is 0 Å². The zero-order chi connectivity index (χ0) is 11.3. The molecule has 1 aromatic carbocycles. The standard InChI is InChI=1S/C12H18BrNO/c1-9(8-15)10(2)14-7-11-5-3-4-6-12(11)13/h3-6,9-10,14-15H,7-8H2,1-2H3. The van der Waals surface area contributed by atoms with Crippen molar-refractivity contribution in [2.24, 2.45) is 5.92 Å². The van der Waals surface area contributed by atoms with Crippen LogP contribution in [0.4, 0.5) is 0 Å². The predicted molar refractivity (Wildman–Crippen MR) is 66.7 cm³/mol. The molecule has 3 heteroatoms. The Morgan fingerprint density at radius 1 is 1.33 bits per heavy atom. The molecule has 0 aromatic heterocycles. The number of aliphatic hydroxyl groups is 1. The van der Waals surface area contributed by atoms with Gasteiger partial charge in [-0.25, -0.2) is 0 Å². The summed E-state index contributed by atoms with van der Waals surface area (Å²) >= 11 is 3.51. The van der Waals surface area contributed by atoms with Gasteiger partial charge in [-0.1, -0.05) is 41.1 Å². The highest BCUT2D eigenvalue weighted by Crippen LogP contribution is 2.15. The Hall–Kier alpha value is -0.380. The molecule has 2 nitrogen and oxygen atoms in total. The van der Waals surface area contributed by atoms with Gasteiger partial charge in [0, 0.05) is 23.7 Å². The van der Waals surface area contributed by atoms with E-state index in [4.69, 9.17) is 5.11 Å². The van der Waals surface area contributed by atoms with Gasteiger partial charge in [-0.2, -0.15) is 0 Å². The Bertz CT molecular complexity index is 303. The quantitative estimate of drug-likeness (QED) is 0.863. The lowest BCUT2D eigenvalue weighted by Crippen LogP contribution is -2.33. The lowest BCUT2D eigenvalue weighted by atomic mass is 10.0. The fourth-order valence-corrected chi connectivity index (χ4v) is 1.70. The van der Waals surface area contributed by atoms with Crippen molar-refractivity contribution in [2.45, 2.75) is 26.4 Å². The largest absolute Gasteiger partial charge is 0.396 e. The summed E-state index contributed by atoms with van der Waals surface area (Å²) in [4.78, 5) is 0. The maximum atomic E-state index is 9.01. The molecule has 0 aliphatic heterocycles. The van der Waals surface area contributed by atoms with E-state index in [0.717, 1.165) is 11.0 Å². The van der Waals surface area contributed by atoms with Crippen LogP contribution < -0.4 is 5.32 Å². The van der Waals surface area contributed by atoms with Gasteiger partial charge in [0.15, 0.2) is 0 Å². The van der Waals surface area contributed by atoms with Gasteiger partial charge < -0.3 is 10.4 Å². The second-order valence-corrected chi connectivity index (χ2v) is 4.78. The maximum Gasteiger partial charge on any atom is 0.0471 e. The summed E-state index contributed by atoms with van der Waals surface area (Å²) in [5.74, 6) is 0.285. The second-order valence-electron chi connectivity index (χ2n) is 3.92. The summed E-state index contributed by atoms with van der Waals surface area (Å²) < 4.78 is 1.13. The van der Waals surface area contributed by atoms with E-state index in [0.29, 0.717) is 6.04 Å². The zero-order valence-electron chi connectivity index (χ0n) is 9.20. The Morgan fingerprint density at radius 2 is 2.00 bits per heavy atom. The van der Waals surface area contributed by atoms with Gasteiger partial charge in [-0.3, -0.25) is 0 Å². The van der Waals surface area contributed by atoms with Crippen molar-refractivity contribution in [3.05, 3.63) is 34.3 Å². The number of hydrogen-bond acceptors (Lipinski definition) is 2. The molecule has 0 saturated heterocycles. The third kappa shape index (κ3) is 3.93. The van der Waals surface area contributed by atoms with Gasteiger partial charge in [0.05, 0.1) is 0 Å². The molecule has 0 amide bonds. The summed E-state index contributed by atoms with van der Waals surface area (Å²) in [6.07, 6.45) is 0. The van der Waals surface area contributed by atoms with E-state index in [1.54, 1.807) is 0 Å². The van der Waals surface area contributed by atoms with Gasteiger partial charge in [-0.05, 0) is 24.5 Å². The monoisotopic (exact) mass is 271 g/mol. The molecule has 0 fully saturated rings. The summed E-state index contributed by atoms with van der Waals surface area (Å²) in [6, 6.07) is 8.49. The normalized spacial score (nSPS) is 14.9. The van der Waals surface area contributed by atoms with Crippen molar-refractivity contribution in [2.75, 3.05) is 6.61 Å². The average Bonchev–Trinajstić information content (AvgIpc) is 2.26. The molecule has 0 saturated carbocycles. The first-order valence-corrected chi connectivity index (χ1v) is 6.02. The summed E-state index contributed by atoms with van der Waals surface area (Å²) in [5.41, 5.74) is 1.24. The molecule has 2 atom stereocenters. The van der Waals surface area contributed by atoms with E-state index in [-0.39, 0.29) is 12.5 Å². The fourth-order valence-electron chi connectivity index (χ4n) is 1.27. The van der Waals surface area contributed by atoms with Crippen molar-refractivity contribution in [1.29, 1.82) is 0 Å². The van der Waals surface area contributed by atoms with Crippen molar-refractivity contribution in [3.63, 3.8) is 0 Å². The predicted octanol–water partition coefficient (Wildman–Crippen LogP) is 2.56. The summed E-state index contributed by atoms with van der Waals surface area (Å²) in [5, 5.41) is 12.4. The lowest BCUT2D eigenvalue weighted by molar-refractivity contribution is 0.207. The molecule has 15 heavy (non-hydrogen) atoms. The highest BCUT2D eigenvalue weighted by atomic mass is 79.9. The van der Waals surface area contributed by atoms with Gasteiger partial charge in [0.2, 0.25) is 0 Å². The Balaban J connectivity index is 2.47. The molecular formula is C12H18BrNO. The minimum absolute atomic E-state index is 0.226. The number of rotatable bonds is 5. The summed E-state index contributed by atoms with van der Waals surface area (Å²) in [6.45, 7) is 5.19. The number of hydrogen-bond donors (Lipinski definition) is 2. The summed E-state index contributed by atoms with van der Waals surface area (Å²) in [7, 11) is 0. The molecule has 2 unspecified atom stereocenters. The first-order chi connectivity index (χ1) is 7.15. The Morgan fingerprint density at radius 3 is 2.60 bits per heavy atom. The van der Waals surface area contributed by atoms with E-state index < -0.39 is 0 Å². The molecule has 0 aliphatic carbocycles. The van der Waals surface area contributed by atoms with Crippen LogP contribution >= 0.6 is 15.9 Å². The molecule has 1 rings (SSSR count). The molecule has 0 radical (unpaired) electrons. The number of aliphatic hydroxyl groups excluding tert-OH is 1. The number of nitrogens with one attached hydrogen (secondary N) is 1. The second kappa shape index (κ2) is 6.26. The van der Waals surface area contributed by atoms with E-state index in [1.165, 1.54) is 5.56 Å². The van der Waals surface area contributed by atoms with Gasteiger partial charge in [0.1, 0.15) is 0 Å². The third-order valence-electron chi connectivity index (χ3n) is 2.71. The molecule has 84 valence electrons. The molecule has 2 N–H and O–H groups in total. The van der Waals surface area contributed by atoms with Crippen LogP contribution in [0.15, 0.2) is 28.7 Å². The SMILES string of the molecule is CC(CO)C(C)NCc1ccccc1Br. The van der Waals surface area contributed by atoms with Crippen LogP contribution in [0, 0.1) is 5.92 Å². The Labute approximate surface area is 99.8 Å². The van der Waals surface area contributed by atoms with Crippen LogP contribution in [-0.2, 0) is 6.54 Å². The van der Waals surface area contributed by atoms with Crippen LogP contribution in [0.5, 0.6) is 0 Å². The molecule has 0 spiro atoms. The van der Waals surface area contributed by atoms with E-state index in [1.807, 2.05) is 25.1 Å².